The summed E-state index contributed by atoms with van der Waals surface area (Å²) in [5.41, 5.74) is -2.36. The number of hydrogen-bond donors (Lipinski definition) is 1. The zero-order chi connectivity index (χ0) is 19.9. The summed E-state index contributed by atoms with van der Waals surface area (Å²) in [5.74, 6) is -1.86. The topological polar surface area (TPSA) is 55.1 Å². The number of imidazole rings is 1. The predicted octanol–water partition coefficient (Wildman–Crippen LogP) is 5.06. The minimum absolute atomic E-state index is 0.0937. The van der Waals surface area contributed by atoms with Gasteiger partial charge in [-0.05, 0) is 24.1 Å². The molecule has 9 heteroatoms. The monoisotopic (exact) mass is 392 g/mol. The van der Waals surface area contributed by atoms with Gasteiger partial charge in [-0.3, -0.25) is 4.57 Å². The lowest BCUT2D eigenvalue weighted by Crippen LogP contribution is -2.34. The molecule has 2 aromatic rings. The van der Waals surface area contributed by atoms with Gasteiger partial charge in [-0.2, -0.15) is 13.2 Å². The number of halogens is 5. The average Bonchev–Trinajstić information content (AvgIpc) is 2.85. The van der Waals surface area contributed by atoms with Gasteiger partial charge in [0.1, 0.15) is 16.8 Å². The summed E-state index contributed by atoms with van der Waals surface area (Å²) in [6.45, 7) is 3.72. The fraction of sp³-hybridized carbons (Fsp3) is 0.412. The van der Waals surface area contributed by atoms with E-state index in [0.717, 1.165) is 19.9 Å². The highest BCUT2D eigenvalue weighted by atomic mass is 35.5. The van der Waals surface area contributed by atoms with Crippen LogP contribution in [-0.2, 0) is 12.8 Å². The van der Waals surface area contributed by atoms with Crippen LogP contribution in [0.3, 0.4) is 0 Å². The second kappa shape index (κ2) is 6.90. The third-order valence-electron chi connectivity index (χ3n) is 4.10. The Morgan fingerprint density at radius 3 is 2.38 bits per heavy atom. The predicted molar refractivity (Wildman–Crippen MR) is 88.4 cm³/mol. The number of aromatic nitrogens is 2. The van der Waals surface area contributed by atoms with Gasteiger partial charge in [-0.1, -0.05) is 38.4 Å². The zero-order valence-electron chi connectivity index (χ0n) is 14.3. The van der Waals surface area contributed by atoms with Gasteiger partial charge in [0.15, 0.2) is 5.69 Å². The van der Waals surface area contributed by atoms with Gasteiger partial charge in [0.2, 0.25) is 0 Å². The molecule has 0 bridgehead atoms. The number of aryl methyl sites for hydroxylation is 1. The maximum absolute atomic E-state index is 14.4. The Morgan fingerprint density at radius 2 is 1.92 bits per heavy atom. The summed E-state index contributed by atoms with van der Waals surface area (Å²) in [7, 11) is 0. The van der Waals surface area contributed by atoms with Crippen LogP contribution in [0.25, 0.3) is 5.69 Å². The number of hydrogen-bond acceptors (Lipinski definition) is 2. The third kappa shape index (κ3) is 3.70. The number of nitrogens with zero attached hydrogens (tertiary/aromatic N) is 2. The molecule has 0 saturated carbocycles. The maximum Gasteiger partial charge on any atom is 0.394 e. The van der Waals surface area contributed by atoms with Crippen molar-refractivity contribution in [3.05, 3.63) is 46.3 Å². The zero-order valence-corrected chi connectivity index (χ0v) is 15.0. The van der Waals surface area contributed by atoms with E-state index in [2.05, 4.69) is 4.98 Å². The van der Waals surface area contributed by atoms with Gasteiger partial charge < -0.3 is 5.11 Å². The fourth-order valence-electron chi connectivity index (χ4n) is 2.48. The minimum Gasteiger partial charge on any atom is -0.476 e. The molecule has 1 N–H and O–H groups in total. The Labute approximate surface area is 152 Å². The number of benzene rings is 1. The van der Waals surface area contributed by atoms with Gasteiger partial charge in [0, 0.05) is 6.42 Å². The van der Waals surface area contributed by atoms with Crippen LogP contribution in [0.5, 0.6) is 0 Å². The van der Waals surface area contributed by atoms with E-state index in [1.54, 1.807) is 6.92 Å². The standard InChI is InChI=1S/C17H17ClF4N2O2/c1-4-12-23-13(15(25)26)14(18)24(12)10-6-5-9(11(19)7-10)8-16(2,3)17(20,21)22/h5-7H,4,8H2,1-3H3,(H,25,26). The highest BCUT2D eigenvalue weighted by Gasteiger charge is 2.47. The molecule has 0 radical (unpaired) electrons. The summed E-state index contributed by atoms with van der Waals surface area (Å²) in [6, 6.07) is 3.66. The molecule has 0 aliphatic carbocycles. The lowest BCUT2D eigenvalue weighted by molar-refractivity contribution is -0.211. The van der Waals surface area contributed by atoms with Crippen LogP contribution in [-0.4, -0.2) is 26.8 Å². The fourth-order valence-corrected chi connectivity index (χ4v) is 2.79. The molecule has 26 heavy (non-hydrogen) atoms. The molecule has 0 amide bonds. The molecule has 0 aliphatic rings. The third-order valence-corrected chi connectivity index (χ3v) is 4.45. The Balaban J connectivity index is 2.47. The van der Waals surface area contributed by atoms with E-state index in [1.165, 1.54) is 16.7 Å². The van der Waals surface area contributed by atoms with Crippen molar-refractivity contribution in [3.63, 3.8) is 0 Å². The second-order valence-corrected chi connectivity index (χ2v) is 6.85. The van der Waals surface area contributed by atoms with Gasteiger partial charge in [0.25, 0.3) is 0 Å². The quantitative estimate of drug-likeness (QED) is 0.724. The number of alkyl halides is 3. The molecule has 0 atom stereocenters. The molecule has 4 nitrogen and oxygen atoms in total. The van der Waals surface area contributed by atoms with Gasteiger partial charge in [0.05, 0.1) is 11.1 Å². The molecular weight excluding hydrogens is 376 g/mol. The molecule has 142 valence electrons. The minimum atomic E-state index is -4.47. The van der Waals surface area contributed by atoms with E-state index in [0.29, 0.717) is 12.2 Å². The molecule has 0 unspecified atom stereocenters. The van der Waals surface area contributed by atoms with Gasteiger partial charge >= 0.3 is 12.1 Å². The number of rotatable bonds is 5. The molecule has 0 spiro atoms. The first-order valence-electron chi connectivity index (χ1n) is 7.75. The largest absolute Gasteiger partial charge is 0.476 e. The van der Waals surface area contributed by atoms with Crippen molar-refractivity contribution < 1.29 is 27.5 Å². The SMILES string of the molecule is CCc1nc(C(=O)O)c(Cl)n1-c1ccc(CC(C)(C)C(F)(F)F)c(F)c1. The number of carboxylic acid groups (broad SMARTS) is 1. The first kappa shape index (κ1) is 20.2. The molecule has 0 fully saturated rings. The van der Waals surface area contributed by atoms with Crippen molar-refractivity contribution in [1.82, 2.24) is 9.55 Å². The van der Waals surface area contributed by atoms with E-state index in [1.807, 2.05) is 0 Å². The van der Waals surface area contributed by atoms with E-state index in [4.69, 9.17) is 16.7 Å². The second-order valence-electron chi connectivity index (χ2n) is 6.50. The molecule has 0 aliphatic heterocycles. The number of carboxylic acids is 1. The van der Waals surface area contributed by atoms with Crippen molar-refractivity contribution in [1.29, 1.82) is 0 Å². The van der Waals surface area contributed by atoms with E-state index in [9.17, 15) is 22.4 Å². The molecule has 1 aromatic carbocycles. The van der Waals surface area contributed by atoms with Crippen LogP contribution < -0.4 is 0 Å². The van der Waals surface area contributed by atoms with E-state index >= 15 is 0 Å². The van der Waals surface area contributed by atoms with Crippen molar-refractivity contribution in [2.24, 2.45) is 5.41 Å². The van der Waals surface area contributed by atoms with Crippen LogP contribution in [0.4, 0.5) is 17.6 Å². The van der Waals surface area contributed by atoms with Crippen molar-refractivity contribution in [2.45, 2.75) is 39.8 Å². The van der Waals surface area contributed by atoms with E-state index < -0.39 is 29.8 Å². The molecule has 0 saturated heterocycles. The van der Waals surface area contributed by atoms with Crippen LogP contribution in [0.2, 0.25) is 5.15 Å². The van der Waals surface area contributed by atoms with Crippen LogP contribution >= 0.6 is 11.6 Å². The van der Waals surface area contributed by atoms with Crippen LogP contribution in [0.1, 0.15) is 42.6 Å². The first-order chi connectivity index (χ1) is 11.9. The summed E-state index contributed by atoms with van der Waals surface area (Å²) < 4.78 is 54.7. The average molecular weight is 393 g/mol. The smallest absolute Gasteiger partial charge is 0.394 e. The normalized spacial score (nSPS) is 12.5. The van der Waals surface area contributed by atoms with Crippen molar-refractivity contribution in [2.75, 3.05) is 0 Å². The Bertz CT molecular complexity index is 844. The Kier molecular flexibility index (Phi) is 5.37. The number of aromatic carboxylic acids is 1. The van der Waals surface area contributed by atoms with Crippen LogP contribution in [0, 0.1) is 11.2 Å². The number of carbonyl (C=O) groups is 1. The summed E-state index contributed by atoms with van der Waals surface area (Å²) >= 11 is 6.04. The summed E-state index contributed by atoms with van der Waals surface area (Å²) in [6.07, 6.45) is -4.67. The Hall–Kier alpha value is -2.09. The summed E-state index contributed by atoms with van der Waals surface area (Å²) in [5, 5.41) is 8.91. The Morgan fingerprint density at radius 1 is 1.31 bits per heavy atom. The summed E-state index contributed by atoms with van der Waals surface area (Å²) in [4.78, 5) is 15.1. The van der Waals surface area contributed by atoms with Gasteiger partial charge in [-0.15, -0.1) is 0 Å². The van der Waals surface area contributed by atoms with Gasteiger partial charge in [-0.25, -0.2) is 14.2 Å². The maximum atomic E-state index is 14.4. The lowest BCUT2D eigenvalue weighted by Gasteiger charge is -2.28. The molecule has 2 rings (SSSR count). The highest BCUT2D eigenvalue weighted by Crippen LogP contribution is 2.40. The molecule has 1 heterocycles. The van der Waals surface area contributed by atoms with Crippen LogP contribution in [0.15, 0.2) is 18.2 Å². The molecular formula is C17H17ClF4N2O2. The highest BCUT2D eigenvalue weighted by molar-refractivity contribution is 6.32. The van der Waals surface area contributed by atoms with E-state index in [-0.39, 0.29) is 22.1 Å². The van der Waals surface area contributed by atoms with Crippen molar-refractivity contribution >= 4 is 17.6 Å². The molecule has 1 aromatic heterocycles. The first-order valence-corrected chi connectivity index (χ1v) is 8.12. The van der Waals surface area contributed by atoms with Crippen molar-refractivity contribution in [3.8, 4) is 5.69 Å². The lowest BCUT2D eigenvalue weighted by atomic mass is 9.85.